The van der Waals surface area contributed by atoms with Crippen molar-refractivity contribution in [2.24, 2.45) is 11.1 Å². The zero-order chi connectivity index (χ0) is 11.9. The van der Waals surface area contributed by atoms with Gasteiger partial charge in [-0.2, -0.15) is 0 Å². The SMILES string of the molecule is COC(CNC(=O)CCCN)C(C)(C)C.Cl. The number of nitrogens with one attached hydrogen (secondary N) is 1. The molecule has 5 heteroatoms. The molecule has 4 nitrogen and oxygen atoms in total. The minimum absolute atomic E-state index is 0. The molecule has 0 spiro atoms. The molecule has 0 saturated carbocycles. The molecule has 0 aliphatic heterocycles. The minimum Gasteiger partial charge on any atom is -0.379 e. The highest BCUT2D eigenvalue weighted by atomic mass is 35.5. The molecule has 3 N–H and O–H groups in total. The number of methoxy groups -OCH3 is 1. The average Bonchev–Trinajstić information content (AvgIpc) is 2.13. The lowest BCUT2D eigenvalue weighted by atomic mass is 9.89. The van der Waals surface area contributed by atoms with Gasteiger partial charge in [-0.1, -0.05) is 20.8 Å². The summed E-state index contributed by atoms with van der Waals surface area (Å²) in [5.74, 6) is 0.0479. The lowest BCUT2D eigenvalue weighted by Crippen LogP contribution is -2.40. The summed E-state index contributed by atoms with van der Waals surface area (Å²) in [6.45, 7) is 7.39. The lowest BCUT2D eigenvalue weighted by Gasteiger charge is -2.29. The van der Waals surface area contributed by atoms with Crippen molar-refractivity contribution in [3.63, 3.8) is 0 Å². The van der Waals surface area contributed by atoms with Gasteiger partial charge in [0.05, 0.1) is 6.10 Å². The number of amides is 1. The Morgan fingerprint density at radius 1 is 1.44 bits per heavy atom. The summed E-state index contributed by atoms with van der Waals surface area (Å²) >= 11 is 0. The molecule has 0 aliphatic carbocycles. The highest BCUT2D eigenvalue weighted by molar-refractivity contribution is 5.85. The molecule has 0 aliphatic rings. The number of carbonyl (C=O) groups is 1. The number of nitrogens with two attached hydrogens (primary N) is 1. The first-order chi connectivity index (χ1) is 6.91. The summed E-state index contributed by atoms with van der Waals surface area (Å²) in [6.07, 6.45) is 1.27. The van der Waals surface area contributed by atoms with Gasteiger partial charge in [0.15, 0.2) is 0 Å². The predicted molar refractivity (Wildman–Crippen MR) is 68.8 cm³/mol. The van der Waals surface area contributed by atoms with Crippen LogP contribution < -0.4 is 11.1 Å². The van der Waals surface area contributed by atoms with Crippen LogP contribution in [0.1, 0.15) is 33.6 Å². The van der Waals surface area contributed by atoms with E-state index in [-0.39, 0.29) is 29.8 Å². The van der Waals surface area contributed by atoms with E-state index in [1.807, 2.05) is 0 Å². The second-order valence-corrected chi connectivity index (χ2v) is 4.79. The average molecular weight is 253 g/mol. The first-order valence-corrected chi connectivity index (χ1v) is 5.41. The third kappa shape index (κ3) is 7.91. The molecule has 16 heavy (non-hydrogen) atoms. The van der Waals surface area contributed by atoms with Crippen molar-refractivity contribution < 1.29 is 9.53 Å². The molecule has 1 unspecified atom stereocenters. The molecule has 0 saturated heterocycles. The Morgan fingerprint density at radius 2 is 2.00 bits per heavy atom. The molecule has 0 aromatic heterocycles. The molecule has 0 fully saturated rings. The fourth-order valence-electron chi connectivity index (χ4n) is 1.30. The third-order valence-corrected chi connectivity index (χ3v) is 2.34. The molecule has 0 aromatic rings. The van der Waals surface area contributed by atoms with Gasteiger partial charge in [0.2, 0.25) is 5.91 Å². The molecule has 1 atom stereocenters. The van der Waals surface area contributed by atoms with Crippen LogP contribution in [-0.4, -0.2) is 32.2 Å². The van der Waals surface area contributed by atoms with Crippen LogP contribution >= 0.6 is 12.4 Å². The van der Waals surface area contributed by atoms with Crippen LogP contribution in [0.2, 0.25) is 0 Å². The van der Waals surface area contributed by atoms with Gasteiger partial charge in [-0.05, 0) is 18.4 Å². The third-order valence-electron chi connectivity index (χ3n) is 2.34. The fourth-order valence-corrected chi connectivity index (χ4v) is 1.30. The number of rotatable bonds is 6. The van der Waals surface area contributed by atoms with E-state index >= 15 is 0 Å². The first-order valence-electron chi connectivity index (χ1n) is 5.41. The van der Waals surface area contributed by atoms with E-state index in [1.54, 1.807) is 7.11 Å². The van der Waals surface area contributed by atoms with E-state index in [2.05, 4.69) is 26.1 Å². The molecule has 1 amide bonds. The molecule has 0 radical (unpaired) electrons. The van der Waals surface area contributed by atoms with E-state index in [1.165, 1.54) is 0 Å². The van der Waals surface area contributed by atoms with Crippen molar-refractivity contribution in [2.75, 3.05) is 20.2 Å². The number of carbonyl (C=O) groups excluding carboxylic acids is 1. The van der Waals surface area contributed by atoms with E-state index in [4.69, 9.17) is 10.5 Å². The molecule has 0 heterocycles. The van der Waals surface area contributed by atoms with Crippen LogP contribution in [0.3, 0.4) is 0 Å². The number of hydrogen-bond acceptors (Lipinski definition) is 3. The smallest absolute Gasteiger partial charge is 0.220 e. The Morgan fingerprint density at radius 3 is 2.38 bits per heavy atom. The molecular weight excluding hydrogens is 228 g/mol. The molecular formula is C11H25ClN2O2. The maximum absolute atomic E-state index is 11.3. The van der Waals surface area contributed by atoms with Gasteiger partial charge < -0.3 is 15.8 Å². The van der Waals surface area contributed by atoms with Crippen molar-refractivity contribution in [1.82, 2.24) is 5.32 Å². The van der Waals surface area contributed by atoms with Crippen LogP contribution in [0.4, 0.5) is 0 Å². The molecule has 98 valence electrons. The maximum atomic E-state index is 11.3. The number of ether oxygens (including phenoxy) is 1. The quantitative estimate of drug-likeness (QED) is 0.750. The maximum Gasteiger partial charge on any atom is 0.220 e. The van der Waals surface area contributed by atoms with Crippen LogP contribution in [0.25, 0.3) is 0 Å². The predicted octanol–water partition coefficient (Wildman–Crippen LogP) is 1.32. The Hall–Kier alpha value is -0.320. The molecule has 0 bridgehead atoms. The van der Waals surface area contributed by atoms with E-state index < -0.39 is 0 Å². The summed E-state index contributed by atoms with van der Waals surface area (Å²) in [4.78, 5) is 11.3. The summed E-state index contributed by atoms with van der Waals surface area (Å²) < 4.78 is 5.33. The minimum atomic E-state index is 0. The summed E-state index contributed by atoms with van der Waals surface area (Å²) in [6, 6.07) is 0. The fraction of sp³-hybridized carbons (Fsp3) is 0.909. The van der Waals surface area contributed by atoms with E-state index in [0.29, 0.717) is 19.5 Å². The zero-order valence-corrected chi connectivity index (χ0v) is 11.5. The first kappa shape index (κ1) is 18.1. The van der Waals surface area contributed by atoms with Crippen molar-refractivity contribution in [1.29, 1.82) is 0 Å². The highest BCUT2D eigenvalue weighted by Gasteiger charge is 2.24. The van der Waals surface area contributed by atoms with Crippen LogP contribution in [0.15, 0.2) is 0 Å². The summed E-state index contributed by atoms with van der Waals surface area (Å²) in [5.41, 5.74) is 5.36. The van der Waals surface area contributed by atoms with Gasteiger partial charge >= 0.3 is 0 Å². The second-order valence-electron chi connectivity index (χ2n) is 4.79. The molecule has 0 aromatic carbocycles. The van der Waals surface area contributed by atoms with E-state index in [9.17, 15) is 4.79 Å². The van der Waals surface area contributed by atoms with Crippen LogP contribution in [0, 0.1) is 5.41 Å². The number of halogens is 1. The van der Waals surface area contributed by atoms with Crippen molar-refractivity contribution in [2.45, 2.75) is 39.7 Å². The van der Waals surface area contributed by atoms with Gasteiger partial charge in [-0.3, -0.25) is 4.79 Å². The Labute approximate surface area is 105 Å². The van der Waals surface area contributed by atoms with Crippen molar-refractivity contribution >= 4 is 18.3 Å². The Bertz CT molecular complexity index is 193. The van der Waals surface area contributed by atoms with Gasteiger partial charge in [0.1, 0.15) is 0 Å². The van der Waals surface area contributed by atoms with Crippen molar-refractivity contribution in [3.8, 4) is 0 Å². The second kappa shape index (κ2) is 8.79. The van der Waals surface area contributed by atoms with Crippen molar-refractivity contribution in [3.05, 3.63) is 0 Å². The monoisotopic (exact) mass is 252 g/mol. The Kier molecular flexibility index (Phi) is 9.92. The van der Waals surface area contributed by atoms with Gasteiger partial charge in [0.25, 0.3) is 0 Å². The van der Waals surface area contributed by atoms with Gasteiger partial charge in [-0.25, -0.2) is 0 Å². The van der Waals surface area contributed by atoms with Crippen LogP contribution in [-0.2, 0) is 9.53 Å². The largest absolute Gasteiger partial charge is 0.379 e. The van der Waals surface area contributed by atoms with Crippen LogP contribution in [0.5, 0.6) is 0 Å². The lowest BCUT2D eigenvalue weighted by molar-refractivity contribution is -0.122. The summed E-state index contributed by atoms with van der Waals surface area (Å²) in [5, 5.41) is 2.86. The van der Waals surface area contributed by atoms with Gasteiger partial charge in [-0.15, -0.1) is 12.4 Å². The highest BCUT2D eigenvalue weighted by Crippen LogP contribution is 2.20. The normalized spacial score (nSPS) is 12.8. The summed E-state index contributed by atoms with van der Waals surface area (Å²) in [7, 11) is 1.67. The Balaban J connectivity index is 0. The number of hydrogen-bond donors (Lipinski definition) is 2. The molecule has 0 rings (SSSR count). The standard InChI is InChI=1S/C11H24N2O2.ClH/c1-11(2,3)9(15-4)8-13-10(14)6-5-7-12;/h9H,5-8,12H2,1-4H3,(H,13,14);1H. The van der Waals surface area contributed by atoms with Gasteiger partial charge in [0, 0.05) is 20.1 Å². The zero-order valence-electron chi connectivity index (χ0n) is 10.7. The van der Waals surface area contributed by atoms with E-state index in [0.717, 1.165) is 6.42 Å². The topological polar surface area (TPSA) is 64.3 Å².